The third kappa shape index (κ3) is 3.66. The molecule has 0 bridgehead atoms. The van der Waals surface area contributed by atoms with E-state index < -0.39 is 0 Å². The van der Waals surface area contributed by atoms with Crippen LogP contribution in [0.25, 0.3) is 0 Å². The third-order valence-corrected chi connectivity index (χ3v) is 2.02. The van der Waals surface area contributed by atoms with Crippen molar-refractivity contribution in [3.63, 3.8) is 0 Å². The molecule has 0 saturated heterocycles. The van der Waals surface area contributed by atoms with Crippen LogP contribution in [0.4, 0.5) is 0 Å². The Morgan fingerprint density at radius 1 is 1.70 bits per heavy atom. The summed E-state index contributed by atoms with van der Waals surface area (Å²) in [4.78, 5) is 0. The van der Waals surface area contributed by atoms with Gasteiger partial charge in [-0.05, 0) is 11.5 Å². The van der Waals surface area contributed by atoms with Crippen LogP contribution >= 0.6 is 34.7 Å². The molecule has 3 nitrogen and oxygen atoms in total. The van der Waals surface area contributed by atoms with Crippen LogP contribution in [0.5, 0.6) is 0 Å². The van der Waals surface area contributed by atoms with E-state index in [1.807, 2.05) is 0 Å². The number of nitrogens with one attached hydrogen (secondary N) is 1. The summed E-state index contributed by atoms with van der Waals surface area (Å²) in [7, 11) is 0. The van der Waals surface area contributed by atoms with Crippen LogP contribution < -0.4 is 5.73 Å². The fourth-order valence-corrected chi connectivity index (χ4v) is 1.11. The van der Waals surface area contributed by atoms with Crippen molar-refractivity contribution in [1.82, 2.24) is 4.37 Å². The first-order valence-electron chi connectivity index (χ1n) is 2.18. The van der Waals surface area contributed by atoms with Gasteiger partial charge in [-0.1, -0.05) is 23.2 Å². The Morgan fingerprint density at radius 3 is 2.30 bits per heavy atom. The van der Waals surface area contributed by atoms with Gasteiger partial charge < -0.3 is 5.73 Å². The molecule has 56 valence electrons. The largest absolute Gasteiger partial charge is 0.390 e. The van der Waals surface area contributed by atoms with E-state index in [4.69, 9.17) is 28.6 Å². The van der Waals surface area contributed by atoms with Gasteiger partial charge in [0.2, 0.25) is 0 Å². The Bertz CT molecular complexity index is 184. The summed E-state index contributed by atoms with van der Waals surface area (Å²) >= 11 is 12.1. The maximum atomic E-state index is 5.86. The van der Waals surface area contributed by atoms with Crippen molar-refractivity contribution in [3.05, 3.63) is 15.6 Å². The highest BCUT2D eigenvalue weighted by Crippen LogP contribution is 2.20. The van der Waals surface area contributed by atoms with Crippen LogP contribution in [0.2, 0.25) is 10.2 Å². The van der Waals surface area contributed by atoms with Gasteiger partial charge in [0.1, 0.15) is 0 Å². The summed E-state index contributed by atoms with van der Waals surface area (Å²) in [5, 5.41) is 8.47. The average Bonchev–Trinajstić information content (AvgIpc) is 2.19. The zero-order valence-corrected chi connectivity index (χ0v) is 7.17. The van der Waals surface area contributed by atoms with Crippen LogP contribution in [0, 0.1) is 5.41 Å². The Labute approximate surface area is 72.4 Å². The lowest BCUT2D eigenvalue weighted by Gasteiger charge is -1.71. The highest BCUT2D eigenvalue weighted by Gasteiger charge is 1.94. The minimum absolute atomic E-state index is 0.395. The number of aromatic nitrogens is 1. The van der Waals surface area contributed by atoms with Crippen LogP contribution in [0.3, 0.4) is 0 Å². The molecule has 0 amide bonds. The third-order valence-electron chi connectivity index (χ3n) is 0.486. The van der Waals surface area contributed by atoms with Gasteiger partial charge in [0, 0.05) is 5.38 Å². The molecule has 0 aliphatic rings. The molecule has 10 heavy (non-hydrogen) atoms. The maximum absolute atomic E-state index is 5.86. The minimum Gasteiger partial charge on any atom is -0.390 e. The summed E-state index contributed by atoms with van der Waals surface area (Å²) in [6.07, 6.45) is 0.750. The highest BCUT2D eigenvalue weighted by atomic mass is 35.5. The van der Waals surface area contributed by atoms with E-state index in [0.717, 1.165) is 6.34 Å². The molecular weight excluding hydrogens is 193 g/mol. The number of hydrogen-bond donors (Lipinski definition) is 2. The van der Waals surface area contributed by atoms with E-state index in [9.17, 15) is 0 Å². The lowest BCUT2D eigenvalue weighted by atomic mass is 10.8. The SMILES string of the molecule is Clc1csnc1Cl.N=CN. The van der Waals surface area contributed by atoms with Crippen molar-refractivity contribution in [1.29, 1.82) is 5.41 Å². The molecule has 1 aromatic heterocycles. The molecule has 6 heteroatoms. The van der Waals surface area contributed by atoms with Crippen molar-refractivity contribution in [2.45, 2.75) is 0 Å². The van der Waals surface area contributed by atoms with Crippen LogP contribution in [-0.4, -0.2) is 10.7 Å². The Kier molecular flexibility index (Phi) is 5.29. The first-order chi connectivity index (χ1) is 4.72. The number of nitrogens with zero attached hydrogens (tertiary/aromatic N) is 1. The van der Waals surface area contributed by atoms with E-state index in [1.54, 1.807) is 5.38 Å². The molecule has 1 aromatic rings. The van der Waals surface area contributed by atoms with Gasteiger partial charge in [0.25, 0.3) is 0 Å². The minimum atomic E-state index is 0.395. The molecule has 0 aromatic carbocycles. The second-order valence-corrected chi connectivity index (χ2v) is 2.51. The molecule has 0 aliphatic heterocycles. The number of nitrogens with two attached hydrogens (primary N) is 1. The molecule has 0 aliphatic carbocycles. The molecule has 0 unspecified atom stereocenters. The van der Waals surface area contributed by atoms with Crippen molar-refractivity contribution < 1.29 is 0 Å². The van der Waals surface area contributed by atoms with E-state index >= 15 is 0 Å². The lowest BCUT2D eigenvalue weighted by Crippen LogP contribution is -1.81. The van der Waals surface area contributed by atoms with Gasteiger partial charge in [-0.2, -0.15) is 4.37 Å². The molecular formula is C4H5Cl2N3S. The molecule has 3 N–H and O–H groups in total. The predicted octanol–water partition coefficient (Wildman–Crippen LogP) is 2.00. The fourth-order valence-electron chi connectivity index (χ4n) is 0.211. The Morgan fingerprint density at radius 2 is 2.20 bits per heavy atom. The number of hydrogen-bond acceptors (Lipinski definition) is 3. The maximum Gasteiger partial charge on any atom is 0.161 e. The van der Waals surface area contributed by atoms with Crippen LogP contribution in [-0.2, 0) is 0 Å². The van der Waals surface area contributed by atoms with Gasteiger partial charge in [-0.25, -0.2) is 0 Å². The highest BCUT2D eigenvalue weighted by molar-refractivity contribution is 7.04. The van der Waals surface area contributed by atoms with Gasteiger partial charge in [0.05, 0.1) is 11.4 Å². The van der Waals surface area contributed by atoms with E-state index in [2.05, 4.69) is 10.1 Å². The predicted molar refractivity (Wildman–Crippen MR) is 45.1 cm³/mol. The van der Waals surface area contributed by atoms with Crippen molar-refractivity contribution >= 4 is 41.1 Å². The summed E-state index contributed by atoms with van der Waals surface area (Å²) in [5.41, 5.74) is 4.39. The lowest BCUT2D eigenvalue weighted by molar-refractivity contribution is 1.52. The van der Waals surface area contributed by atoms with Crippen molar-refractivity contribution in [2.24, 2.45) is 5.73 Å². The summed E-state index contributed by atoms with van der Waals surface area (Å²) in [6.45, 7) is 0. The summed E-state index contributed by atoms with van der Waals surface area (Å²) in [5.74, 6) is 0. The van der Waals surface area contributed by atoms with Crippen LogP contribution in [0.15, 0.2) is 5.38 Å². The molecule has 0 atom stereocenters. The molecule has 0 saturated carbocycles. The normalized spacial score (nSPS) is 7.80. The van der Waals surface area contributed by atoms with Crippen molar-refractivity contribution in [2.75, 3.05) is 0 Å². The summed E-state index contributed by atoms with van der Waals surface area (Å²) in [6, 6.07) is 0. The zero-order chi connectivity index (χ0) is 7.98. The quantitative estimate of drug-likeness (QED) is 0.494. The fraction of sp³-hybridized carbons (Fsp3) is 0. The standard InChI is InChI=1S/C3HCl2NS.CH4N2/c4-2-1-7-6-3(2)5;2-1-3/h1H;1H,(H3,2,3). The van der Waals surface area contributed by atoms with Crippen molar-refractivity contribution in [3.8, 4) is 0 Å². The number of rotatable bonds is 0. The van der Waals surface area contributed by atoms with Gasteiger partial charge >= 0.3 is 0 Å². The molecule has 1 rings (SSSR count). The first-order valence-corrected chi connectivity index (χ1v) is 3.77. The van der Waals surface area contributed by atoms with E-state index in [1.165, 1.54) is 11.5 Å². The smallest absolute Gasteiger partial charge is 0.161 e. The van der Waals surface area contributed by atoms with E-state index in [0.29, 0.717) is 10.2 Å². The molecule has 0 spiro atoms. The van der Waals surface area contributed by atoms with E-state index in [-0.39, 0.29) is 0 Å². The summed E-state index contributed by atoms with van der Waals surface area (Å²) < 4.78 is 3.69. The van der Waals surface area contributed by atoms with Gasteiger partial charge in [0.15, 0.2) is 5.15 Å². The molecule has 1 heterocycles. The second kappa shape index (κ2) is 5.46. The Hall–Kier alpha value is -0.320. The number of halogens is 2. The second-order valence-electron chi connectivity index (χ2n) is 1.12. The first kappa shape index (κ1) is 9.68. The van der Waals surface area contributed by atoms with Crippen LogP contribution in [0.1, 0.15) is 0 Å². The topological polar surface area (TPSA) is 62.8 Å². The van der Waals surface area contributed by atoms with Gasteiger partial charge in [-0.3, -0.25) is 5.41 Å². The molecule has 0 fully saturated rings. The average molecular weight is 198 g/mol. The zero-order valence-electron chi connectivity index (χ0n) is 4.84. The van der Waals surface area contributed by atoms with Gasteiger partial charge in [-0.15, -0.1) is 0 Å². The molecule has 0 radical (unpaired) electrons. The monoisotopic (exact) mass is 197 g/mol. The Balaban J connectivity index is 0.000000236.